The lowest BCUT2D eigenvalue weighted by atomic mass is 9.94. The van der Waals surface area contributed by atoms with Gasteiger partial charge in [0.15, 0.2) is 18.5 Å². The van der Waals surface area contributed by atoms with Crippen LogP contribution >= 0.6 is 0 Å². The maximum Gasteiger partial charge on any atom is 0.309 e. The van der Waals surface area contributed by atoms with E-state index >= 15 is 0 Å². The highest BCUT2D eigenvalue weighted by Crippen LogP contribution is 2.33. The molecule has 0 aromatic carbocycles. The maximum absolute atomic E-state index is 14.6. The Balaban J connectivity index is 3.56. The molecule has 396 valence electrons. The predicted molar refractivity (Wildman–Crippen MR) is 279 cm³/mol. The van der Waals surface area contributed by atoms with E-state index in [-0.39, 0.29) is 42.3 Å². The molecule has 0 spiro atoms. The van der Waals surface area contributed by atoms with Crippen molar-refractivity contribution in [2.75, 3.05) is 33.9 Å². The number of hydrogen-bond acceptors (Lipinski definition) is 9. The fraction of sp³-hybridized carbons (Fsp3) is 0.948. The van der Waals surface area contributed by atoms with Gasteiger partial charge >= 0.3 is 17.9 Å². The first-order chi connectivity index (χ1) is 32.7. The van der Waals surface area contributed by atoms with Crippen molar-refractivity contribution in [1.82, 2.24) is 4.90 Å². The average molecular weight is 951 g/mol. The first-order valence-electron chi connectivity index (χ1n) is 29.2. The molecule has 0 bridgehead atoms. The lowest BCUT2D eigenvalue weighted by Crippen LogP contribution is -2.44. The van der Waals surface area contributed by atoms with Crippen molar-refractivity contribution in [3.8, 4) is 0 Å². The summed E-state index contributed by atoms with van der Waals surface area (Å²) >= 11 is 0. The van der Waals surface area contributed by atoms with Gasteiger partial charge in [-0.05, 0) is 65.6 Å². The fourth-order valence-electron chi connectivity index (χ4n) is 9.66. The minimum Gasteiger partial charge on any atom is -0.463 e. The molecular weight excluding hydrogens is 839 g/mol. The van der Waals surface area contributed by atoms with Gasteiger partial charge in [-0.25, -0.2) is 0 Å². The minimum absolute atomic E-state index is 0.0822. The van der Waals surface area contributed by atoms with E-state index in [4.69, 9.17) is 23.7 Å². The van der Waals surface area contributed by atoms with Gasteiger partial charge in [-0.3, -0.25) is 14.4 Å². The van der Waals surface area contributed by atoms with E-state index in [1.54, 1.807) is 0 Å². The third-order valence-electron chi connectivity index (χ3n) is 14.1. The molecule has 67 heavy (non-hydrogen) atoms. The molecule has 1 aliphatic heterocycles. The van der Waals surface area contributed by atoms with Crippen molar-refractivity contribution < 1.29 is 38.1 Å². The van der Waals surface area contributed by atoms with Crippen molar-refractivity contribution in [2.24, 2.45) is 17.8 Å². The molecule has 0 N–H and O–H groups in total. The van der Waals surface area contributed by atoms with Gasteiger partial charge in [0.1, 0.15) is 12.7 Å². The summed E-state index contributed by atoms with van der Waals surface area (Å²) in [5, 5.41) is 0. The van der Waals surface area contributed by atoms with Gasteiger partial charge in [0.25, 0.3) is 0 Å². The number of ether oxygens (including phenoxy) is 5. The Morgan fingerprint density at radius 2 is 0.731 bits per heavy atom. The van der Waals surface area contributed by atoms with Crippen LogP contribution in [0.15, 0.2) is 0 Å². The summed E-state index contributed by atoms with van der Waals surface area (Å²) in [4.78, 5) is 45.3. The Hall–Kier alpha value is -1.71. The summed E-state index contributed by atoms with van der Waals surface area (Å²) in [7, 11) is 4.07. The second-order valence-corrected chi connectivity index (χ2v) is 20.8. The van der Waals surface area contributed by atoms with Crippen LogP contribution in [0.25, 0.3) is 0 Å². The lowest BCUT2D eigenvalue weighted by molar-refractivity contribution is -0.195. The number of esters is 3. The Bertz CT molecular complexity index is 1150. The van der Waals surface area contributed by atoms with Crippen LogP contribution in [0.4, 0.5) is 0 Å². The number of nitrogens with zero attached hydrogens (tertiary/aromatic N) is 1. The van der Waals surface area contributed by atoms with E-state index in [1.165, 1.54) is 77.0 Å². The summed E-state index contributed by atoms with van der Waals surface area (Å²) in [5.74, 6) is -1.41. The van der Waals surface area contributed by atoms with Crippen molar-refractivity contribution in [2.45, 2.75) is 304 Å². The number of hydrogen-bond donors (Lipinski definition) is 0. The molecule has 0 saturated carbocycles. The number of unbranched alkanes of at least 4 members (excludes halogenated alkanes) is 24. The topological polar surface area (TPSA) is 101 Å². The summed E-state index contributed by atoms with van der Waals surface area (Å²) < 4.78 is 32.6. The zero-order valence-corrected chi connectivity index (χ0v) is 45.5. The number of carbonyl (C=O) groups excluding carboxylic acids is 3. The van der Waals surface area contributed by atoms with Gasteiger partial charge in [-0.2, -0.15) is 0 Å². The molecular formula is C58H111NO8. The van der Waals surface area contributed by atoms with Crippen LogP contribution < -0.4 is 0 Å². The van der Waals surface area contributed by atoms with Crippen LogP contribution in [0.1, 0.15) is 279 Å². The average Bonchev–Trinajstić information content (AvgIpc) is 3.63. The Kier molecular flexibility index (Phi) is 41.8. The molecule has 0 aliphatic carbocycles. The molecule has 1 rings (SSSR count). The molecule has 9 heteroatoms. The summed E-state index contributed by atoms with van der Waals surface area (Å²) in [6.07, 6.45) is 35.8. The second kappa shape index (κ2) is 44.2. The number of carbonyl (C=O) groups is 3. The molecule has 1 heterocycles. The molecule has 0 aromatic heterocycles. The van der Waals surface area contributed by atoms with E-state index in [2.05, 4.69) is 46.4 Å². The van der Waals surface area contributed by atoms with Crippen molar-refractivity contribution in [3.05, 3.63) is 0 Å². The van der Waals surface area contributed by atoms with Crippen LogP contribution in [0.5, 0.6) is 0 Å². The molecule has 9 nitrogen and oxygen atoms in total. The van der Waals surface area contributed by atoms with Crippen LogP contribution in [-0.2, 0) is 38.1 Å². The molecule has 0 radical (unpaired) electrons. The van der Waals surface area contributed by atoms with Crippen molar-refractivity contribution >= 4 is 17.9 Å². The van der Waals surface area contributed by atoms with Gasteiger partial charge in [-0.1, -0.05) is 234 Å². The third kappa shape index (κ3) is 32.0. The van der Waals surface area contributed by atoms with Crippen LogP contribution in [0.3, 0.4) is 0 Å². The Morgan fingerprint density at radius 3 is 1.09 bits per heavy atom. The zero-order valence-electron chi connectivity index (χ0n) is 45.5. The maximum atomic E-state index is 14.6. The first-order valence-corrected chi connectivity index (χ1v) is 29.2. The van der Waals surface area contributed by atoms with Gasteiger partial charge in [0.05, 0.1) is 24.4 Å². The summed E-state index contributed by atoms with van der Waals surface area (Å²) in [5.41, 5.74) is 0. The van der Waals surface area contributed by atoms with E-state index in [0.717, 1.165) is 167 Å². The minimum atomic E-state index is -0.968. The van der Waals surface area contributed by atoms with Crippen molar-refractivity contribution in [3.63, 3.8) is 0 Å². The highest BCUT2D eigenvalue weighted by Gasteiger charge is 2.52. The molecule has 0 aromatic rings. The summed E-state index contributed by atoms with van der Waals surface area (Å²) in [6.45, 7) is 14.5. The van der Waals surface area contributed by atoms with Crippen LogP contribution in [-0.4, -0.2) is 81.3 Å². The smallest absolute Gasteiger partial charge is 0.309 e. The normalized spacial score (nSPS) is 18.6. The monoisotopic (exact) mass is 950 g/mol. The fourth-order valence-corrected chi connectivity index (χ4v) is 9.66. The molecule has 1 fully saturated rings. The van der Waals surface area contributed by atoms with Gasteiger partial charge in [0.2, 0.25) is 0 Å². The molecule has 3 unspecified atom stereocenters. The van der Waals surface area contributed by atoms with Crippen LogP contribution in [0.2, 0.25) is 0 Å². The highest BCUT2D eigenvalue weighted by molar-refractivity contribution is 5.74. The van der Waals surface area contributed by atoms with Crippen molar-refractivity contribution in [1.29, 1.82) is 0 Å². The number of rotatable bonds is 48. The SMILES string of the molecule is CCCCCCCCC(CCCCCC)C(=O)OC[C@H]1O[C@@H](OCCCN(C)C)[C@H](OC(=O)C(CCCCCC)CCCCCCCC)[C@@H]1OC(=O)C(CCCCCC)CCCCCCCC. The van der Waals surface area contributed by atoms with Gasteiger partial charge in [-0.15, -0.1) is 0 Å². The van der Waals surface area contributed by atoms with Gasteiger partial charge < -0.3 is 28.6 Å². The lowest BCUT2D eigenvalue weighted by Gasteiger charge is -2.28. The van der Waals surface area contributed by atoms with E-state index in [9.17, 15) is 14.4 Å². The highest BCUT2D eigenvalue weighted by atomic mass is 16.7. The largest absolute Gasteiger partial charge is 0.463 e. The Labute approximate surface area is 414 Å². The predicted octanol–water partition coefficient (Wildman–Crippen LogP) is 16.1. The molecule has 1 aliphatic rings. The quantitative estimate of drug-likeness (QED) is 0.0335. The zero-order chi connectivity index (χ0) is 49.2. The summed E-state index contributed by atoms with van der Waals surface area (Å²) in [6, 6.07) is 0. The van der Waals surface area contributed by atoms with E-state index in [1.807, 2.05) is 14.1 Å². The second-order valence-electron chi connectivity index (χ2n) is 20.8. The molecule has 7 atom stereocenters. The first kappa shape index (κ1) is 63.3. The standard InChI is InChI=1S/C58H111NO8/c1-9-15-21-27-30-36-41-49(40-33-24-18-12-4)55(60)64-48-52-53(66-56(61)50(42-34-25-19-13-5)44-37-31-28-22-16-10-2)54(58(65-52)63-47-39-46-59(7)8)67-57(62)51(43-35-26-20-14-6)45-38-32-29-23-17-11-3/h49-54,58H,9-48H2,1-8H3/t49?,50?,51?,52-,53-,54-,58-/m1/s1. The van der Waals surface area contributed by atoms with Crippen LogP contribution in [0, 0.1) is 17.8 Å². The van der Waals surface area contributed by atoms with E-state index in [0.29, 0.717) is 6.61 Å². The Morgan fingerprint density at radius 1 is 0.418 bits per heavy atom. The third-order valence-corrected chi connectivity index (χ3v) is 14.1. The van der Waals surface area contributed by atoms with E-state index < -0.39 is 24.6 Å². The molecule has 1 saturated heterocycles. The van der Waals surface area contributed by atoms with Gasteiger partial charge in [0, 0.05) is 0 Å². The molecule has 0 amide bonds.